The molecule has 0 nitrogen and oxygen atoms in total. The van der Waals surface area contributed by atoms with E-state index < -0.39 is 0 Å². The molecule has 0 saturated carbocycles. The first-order valence-electron chi connectivity index (χ1n) is 3.38. The van der Waals surface area contributed by atoms with Gasteiger partial charge in [0.2, 0.25) is 0 Å². The van der Waals surface area contributed by atoms with Gasteiger partial charge in [-0.25, -0.2) is 0 Å². The molecule has 0 N–H and O–H groups in total. The van der Waals surface area contributed by atoms with Gasteiger partial charge in [0.1, 0.15) is 0 Å². The van der Waals surface area contributed by atoms with E-state index in [4.69, 9.17) is 0 Å². The van der Waals surface area contributed by atoms with Gasteiger partial charge < -0.3 is 0 Å². The molecule has 0 saturated heterocycles. The second-order valence-electron chi connectivity index (χ2n) is 2.65. The third-order valence-electron chi connectivity index (χ3n) is 2.03. The zero-order chi connectivity index (χ0) is 7.72. The Balaban J connectivity index is 3.34. The molecule has 0 fully saturated rings. The number of hydrogen-bond acceptors (Lipinski definition) is 0. The zero-order valence-electron chi connectivity index (χ0n) is 6.60. The Bertz CT molecular complexity index is 224. The summed E-state index contributed by atoms with van der Waals surface area (Å²) in [5.41, 5.74) is 4.35. The summed E-state index contributed by atoms with van der Waals surface area (Å²) in [4.78, 5) is 0. The fraction of sp³-hybridized carbons (Fsp3) is 0.333. The first kappa shape index (κ1) is 8.20. The van der Waals surface area contributed by atoms with Crippen LogP contribution in [0.2, 0.25) is 0 Å². The number of rotatable bonds is 0. The normalized spacial score (nSPS) is 10.0. The monoisotopic (exact) mass is 328 g/mol. The molecule has 52 valence electrons. The first-order chi connectivity index (χ1) is 4.63. The maximum atomic E-state index is 2.23. The molecule has 1 aromatic rings. The molecule has 0 unspecified atom stereocenters. The standard InChI is InChI=1S/C9H11.Bi/c1-7-5-4-6-8(2)9(7)3;/h4-5H,1-3H3;. The molecule has 0 aliphatic carbocycles. The van der Waals surface area contributed by atoms with Crippen LogP contribution in [-0.2, 0) is 0 Å². The van der Waals surface area contributed by atoms with E-state index in [0.717, 1.165) is 0 Å². The van der Waals surface area contributed by atoms with Gasteiger partial charge >= 0.3 is 77.6 Å². The Kier molecular flexibility index (Phi) is 2.46. The Morgan fingerprint density at radius 1 is 1.00 bits per heavy atom. The Hall–Kier alpha value is 0.103. The average Bonchev–Trinajstić information content (AvgIpc) is 1.93. The van der Waals surface area contributed by atoms with Gasteiger partial charge in [0.05, 0.1) is 0 Å². The van der Waals surface area contributed by atoms with E-state index >= 15 is 0 Å². The minimum absolute atomic E-state index is 1.37. The molecule has 1 heteroatoms. The average molecular weight is 328 g/mol. The van der Waals surface area contributed by atoms with Crippen LogP contribution in [0, 0.1) is 20.8 Å². The zero-order valence-corrected chi connectivity index (χ0v) is 10.1. The first-order valence-corrected chi connectivity index (χ1v) is 5.12. The van der Waals surface area contributed by atoms with Gasteiger partial charge in [-0.1, -0.05) is 0 Å². The van der Waals surface area contributed by atoms with Gasteiger partial charge in [0, 0.05) is 0 Å². The van der Waals surface area contributed by atoms with Crippen LogP contribution >= 0.6 is 0 Å². The van der Waals surface area contributed by atoms with Gasteiger partial charge in [-0.3, -0.25) is 0 Å². The van der Waals surface area contributed by atoms with Gasteiger partial charge in [0.25, 0.3) is 0 Å². The molecule has 10 heavy (non-hydrogen) atoms. The molecule has 0 atom stereocenters. The van der Waals surface area contributed by atoms with Crippen LogP contribution in [0.5, 0.6) is 0 Å². The second kappa shape index (κ2) is 3.01. The van der Waals surface area contributed by atoms with Crippen molar-refractivity contribution in [3.63, 3.8) is 0 Å². The summed E-state index contributed by atoms with van der Waals surface area (Å²) >= 11 is 1.37. The van der Waals surface area contributed by atoms with Crippen LogP contribution in [0.3, 0.4) is 0 Å². The van der Waals surface area contributed by atoms with E-state index in [1.54, 1.807) is 0 Å². The third kappa shape index (κ3) is 1.40. The fourth-order valence-electron chi connectivity index (χ4n) is 0.942. The van der Waals surface area contributed by atoms with Crippen molar-refractivity contribution in [1.82, 2.24) is 0 Å². The molecule has 0 aliphatic rings. The summed E-state index contributed by atoms with van der Waals surface area (Å²) in [5, 5.41) is 0. The molecule has 1 aromatic carbocycles. The van der Waals surface area contributed by atoms with Crippen molar-refractivity contribution in [3.05, 3.63) is 28.8 Å². The molecule has 0 heterocycles. The van der Waals surface area contributed by atoms with E-state index in [1.807, 2.05) is 0 Å². The van der Waals surface area contributed by atoms with Crippen LogP contribution < -0.4 is 3.27 Å². The van der Waals surface area contributed by atoms with Crippen LogP contribution in [0.25, 0.3) is 0 Å². The van der Waals surface area contributed by atoms with Crippen molar-refractivity contribution in [2.24, 2.45) is 0 Å². The summed E-state index contributed by atoms with van der Waals surface area (Å²) in [5.74, 6) is 0. The predicted octanol–water partition coefficient (Wildman–Crippen LogP) is 1.41. The molecule has 0 aliphatic heterocycles. The summed E-state index contributed by atoms with van der Waals surface area (Å²) in [6, 6.07) is 4.43. The Morgan fingerprint density at radius 3 is 2.10 bits per heavy atom. The van der Waals surface area contributed by atoms with E-state index in [9.17, 15) is 0 Å². The summed E-state index contributed by atoms with van der Waals surface area (Å²) in [6.07, 6.45) is 0. The third-order valence-corrected chi connectivity index (χ3v) is 3.91. The SMILES string of the molecule is Cc1cc[c]([Bi])c(C)c1C. The van der Waals surface area contributed by atoms with Crippen molar-refractivity contribution in [1.29, 1.82) is 0 Å². The molecule has 2 radical (unpaired) electrons. The molecular formula is C9H11Bi. The van der Waals surface area contributed by atoms with Crippen molar-refractivity contribution in [3.8, 4) is 0 Å². The Labute approximate surface area is 77.5 Å². The van der Waals surface area contributed by atoms with E-state index in [-0.39, 0.29) is 0 Å². The van der Waals surface area contributed by atoms with Crippen LogP contribution in [0.15, 0.2) is 12.1 Å². The van der Waals surface area contributed by atoms with Crippen LogP contribution in [0.1, 0.15) is 16.7 Å². The quantitative estimate of drug-likeness (QED) is 0.632. The van der Waals surface area contributed by atoms with Crippen molar-refractivity contribution in [2.75, 3.05) is 0 Å². The van der Waals surface area contributed by atoms with Crippen molar-refractivity contribution >= 4 is 28.0 Å². The van der Waals surface area contributed by atoms with Gasteiger partial charge in [-0.15, -0.1) is 0 Å². The topological polar surface area (TPSA) is 0 Å². The molecule has 0 amide bonds. The van der Waals surface area contributed by atoms with Crippen LogP contribution in [0.4, 0.5) is 0 Å². The summed E-state index contributed by atoms with van der Waals surface area (Å²) < 4.78 is 1.50. The summed E-state index contributed by atoms with van der Waals surface area (Å²) in [7, 11) is 0. The number of hydrogen-bond donors (Lipinski definition) is 0. The minimum atomic E-state index is 1.37. The number of aryl methyl sites for hydroxylation is 1. The molecule has 1 rings (SSSR count). The van der Waals surface area contributed by atoms with E-state index in [1.165, 1.54) is 44.7 Å². The van der Waals surface area contributed by atoms with Gasteiger partial charge in [0.15, 0.2) is 0 Å². The predicted molar refractivity (Wildman–Crippen MR) is 46.0 cm³/mol. The molecule has 0 spiro atoms. The number of benzene rings is 1. The Morgan fingerprint density at radius 2 is 1.60 bits per heavy atom. The van der Waals surface area contributed by atoms with Crippen molar-refractivity contribution in [2.45, 2.75) is 20.8 Å². The second-order valence-corrected chi connectivity index (χ2v) is 4.52. The fourth-order valence-corrected chi connectivity index (χ4v) is 1.88. The van der Waals surface area contributed by atoms with E-state index in [0.29, 0.717) is 0 Å². The van der Waals surface area contributed by atoms with Crippen molar-refractivity contribution < 1.29 is 0 Å². The van der Waals surface area contributed by atoms with Gasteiger partial charge in [-0.05, 0) is 0 Å². The molecule has 0 aromatic heterocycles. The molecule has 0 bridgehead atoms. The molecular weight excluding hydrogens is 317 g/mol. The van der Waals surface area contributed by atoms with E-state index in [2.05, 4.69) is 32.9 Å². The van der Waals surface area contributed by atoms with Gasteiger partial charge in [-0.2, -0.15) is 0 Å². The summed E-state index contributed by atoms with van der Waals surface area (Å²) in [6.45, 7) is 6.57. The van der Waals surface area contributed by atoms with Crippen LogP contribution in [-0.4, -0.2) is 24.7 Å². The maximum absolute atomic E-state index is 2.23.